The normalized spacial score (nSPS) is 13.7. The van der Waals surface area contributed by atoms with Gasteiger partial charge in [0, 0.05) is 12.2 Å². The van der Waals surface area contributed by atoms with E-state index >= 15 is 0 Å². The van der Waals surface area contributed by atoms with Gasteiger partial charge in [0.2, 0.25) is 12.7 Å². The molecule has 0 unspecified atom stereocenters. The predicted molar refractivity (Wildman–Crippen MR) is 83.9 cm³/mol. The fourth-order valence-corrected chi connectivity index (χ4v) is 2.19. The van der Waals surface area contributed by atoms with E-state index in [0.717, 1.165) is 22.7 Å². The molecule has 114 valence electrons. The van der Waals surface area contributed by atoms with Gasteiger partial charge in [-0.25, -0.2) is 0 Å². The third kappa shape index (κ3) is 3.38. The largest absolute Gasteiger partial charge is 0.454 e. The molecule has 2 N–H and O–H groups in total. The van der Waals surface area contributed by atoms with Gasteiger partial charge in [-0.15, -0.1) is 0 Å². The number of amides is 1. The monoisotopic (exact) mass is 298 g/mol. The van der Waals surface area contributed by atoms with Gasteiger partial charge >= 0.3 is 0 Å². The van der Waals surface area contributed by atoms with Gasteiger partial charge in [0.15, 0.2) is 11.5 Å². The van der Waals surface area contributed by atoms with Crippen molar-refractivity contribution in [1.29, 1.82) is 0 Å². The molecule has 5 nitrogen and oxygen atoms in total. The van der Waals surface area contributed by atoms with Crippen molar-refractivity contribution >= 4 is 11.6 Å². The Morgan fingerprint density at radius 2 is 1.91 bits per heavy atom. The Bertz CT molecular complexity index is 658. The van der Waals surface area contributed by atoms with Crippen LogP contribution in [0.4, 0.5) is 5.69 Å². The molecule has 0 radical (unpaired) electrons. The molecular formula is C17H18N2O3. The Morgan fingerprint density at radius 1 is 1.14 bits per heavy atom. The molecule has 1 heterocycles. The number of ether oxygens (including phenoxy) is 2. The number of hydrogen-bond donors (Lipinski definition) is 2. The van der Waals surface area contributed by atoms with E-state index in [1.54, 1.807) is 0 Å². The van der Waals surface area contributed by atoms with Crippen LogP contribution in [-0.4, -0.2) is 18.7 Å². The molecule has 22 heavy (non-hydrogen) atoms. The summed E-state index contributed by atoms with van der Waals surface area (Å²) in [6.07, 6.45) is 0. The van der Waals surface area contributed by atoms with Crippen LogP contribution in [0.2, 0.25) is 0 Å². The molecule has 0 aliphatic carbocycles. The van der Waals surface area contributed by atoms with Crippen molar-refractivity contribution in [1.82, 2.24) is 5.32 Å². The van der Waals surface area contributed by atoms with E-state index in [1.807, 2.05) is 55.5 Å². The Hall–Kier alpha value is -2.53. The molecular weight excluding hydrogens is 280 g/mol. The summed E-state index contributed by atoms with van der Waals surface area (Å²) < 4.78 is 10.6. The zero-order valence-corrected chi connectivity index (χ0v) is 12.3. The van der Waals surface area contributed by atoms with Gasteiger partial charge < -0.3 is 20.1 Å². The molecule has 2 aromatic carbocycles. The summed E-state index contributed by atoms with van der Waals surface area (Å²) in [6.45, 7) is 2.69. The molecule has 1 atom stereocenters. The summed E-state index contributed by atoms with van der Waals surface area (Å²) in [7, 11) is 0. The first-order valence-corrected chi connectivity index (χ1v) is 7.20. The highest BCUT2D eigenvalue weighted by Gasteiger charge is 2.15. The van der Waals surface area contributed by atoms with E-state index in [2.05, 4.69) is 10.6 Å². The number of hydrogen-bond acceptors (Lipinski definition) is 4. The first-order chi connectivity index (χ1) is 10.7. The third-order valence-electron chi connectivity index (χ3n) is 3.48. The maximum Gasteiger partial charge on any atom is 0.241 e. The maximum absolute atomic E-state index is 12.1. The minimum absolute atomic E-state index is 0.0630. The molecule has 0 aromatic heterocycles. The highest BCUT2D eigenvalue weighted by Crippen LogP contribution is 2.32. The fourth-order valence-electron chi connectivity index (χ4n) is 2.19. The minimum Gasteiger partial charge on any atom is -0.454 e. The molecule has 0 saturated carbocycles. The molecule has 0 fully saturated rings. The van der Waals surface area contributed by atoms with Crippen LogP contribution < -0.4 is 20.1 Å². The van der Waals surface area contributed by atoms with E-state index in [-0.39, 0.29) is 18.7 Å². The number of nitrogens with one attached hydrogen (secondary N) is 2. The summed E-state index contributed by atoms with van der Waals surface area (Å²) >= 11 is 0. The van der Waals surface area contributed by atoms with E-state index in [0.29, 0.717) is 6.54 Å². The third-order valence-corrected chi connectivity index (χ3v) is 3.48. The van der Waals surface area contributed by atoms with E-state index in [1.165, 1.54) is 0 Å². The Balaban J connectivity index is 1.53. The lowest BCUT2D eigenvalue weighted by molar-refractivity contribution is -0.117. The lowest BCUT2D eigenvalue weighted by Crippen LogP contribution is -2.37. The van der Waals surface area contributed by atoms with Crippen LogP contribution in [0, 0.1) is 0 Å². The average molecular weight is 298 g/mol. The molecule has 3 rings (SSSR count). The number of fused-ring (bicyclic) bond motifs is 1. The van der Waals surface area contributed by atoms with Crippen LogP contribution >= 0.6 is 0 Å². The number of carbonyl (C=O) groups is 1. The SMILES string of the molecule is C[C@H](NCc1ccc2c(c1)OCO2)C(=O)Nc1ccccc1. The molecule has 5 heteroatoms. The van der Waals surface area contributed by atoms with Crippen LogP contribution in [0.3, 0.4) is 0 Å². The summed E-state index contributed by atoms with van der Waals surface area (Å²) in [4.78, 5) is 12.1. The van der Waals surface area contributed by atoms with Crippen LogP contribution in [0.15, 0.2) is 48.5 Å². The van der Waals surface area contributed by atoms with Crippen molar-refractivity contribution in [3.05, 3.63) is 54.1 Å². The highest BCUT2D eigenvalue weighted by atomic mass is 16.7. The second-order valence-corrected chi connectivity index (χ2v) is 5.15. The van der Waals surface area contributed by atoms with Gasteiger partial charge in [-0.1, -0.05) is 24.3 Å². The van der Waals surface area contributed by atoms with E-state index in [9.17, 15) is 4.79 Å². The lowest BCUT2D eigenvalue weighted by atomic mass is 10.2. The number of carbonyl (C=O) groups excluding carboxylic acids is 1. The van der Waals surface area contributed by atoms with Crippen molar-refractivity contribution < 1.29 is 14.3 Å². The summed E-state index contributed by atoms with van der Waals surface area (Å²) in [5.74, 6) is 1.45. The Kier molecular flexibility index (Phi) is 4.25. The second kappa shape index (κ2) is 6.49. The van der Waals surface area contributed by atoms with Crippen LogP contribution in [0.25, 0.3) is 0 Å². The number of rotatable bonds is 5. The lowest BCUT2D eigenvalue weighted by Gasteiger charge is -2.14. The molecule has 1 aliphatic heterocycles. The van der Waals surface area contributed by atoms with Gasteiger partial charge in [-0.3, -0.25) is 4.79 Å². The molecule has 1 aliphatic rings. The molecule has 0 bridgehead atoms. The standard InChI is InChI=1S/C17H18N2O3/c1-12(17(20)19-14-5-3-2-4-6-14)18-10-13-7-8-15-16(9-13)22-11-21-15/h2-9,12,18H,10-11H2,1H3,(H,19,20)/t12-/m0/s1. The zero-order valence-electron chi connectivity index (χ0n) is 12.3. The summed E-state index contributed by atoms with van der Waals surface area (Å²) in [5.41, 5.74) is 1.84. The second-order valence-electron chi connectivity index (χ2n) is 5.15. The van der Waals surface area contributed by atoms with Crippen molar-refractivity contribution in [2.75, 3.05) is 12.1 Å². The van der Waals surface area contributed by atoms with Crippen molar-refractivity contribution in [3.63, 3.8) is 0 Å². The number of benzene rings is 2. The first kappa shape index (κ1) is 14.4. The van der Waals surface area contributed by atoms with Crippen molar-refractivity contribution in [2.45, 2.75) is 19.5 Å². The molecule has 0 spiro atoms. The smallest absolute Gasteiger partial charge is 0.241 e. The van der Waals surface area contributed by atoms with Crippen LogP contribution in [-0.2, 0) is 11.3 Å². The molecule has 2 aromatic rings. The van der Waals surface area contributed by atoms with Crippen LogP contribution in [0.1, 0.15) is 12.5 Å². The van der Waals surface area contributed by atoms with Crippen molar-refractivity contribution in [3.8, 4) is 11.5 Å². The number of para-hydroxylation sites is 1. The topological polar surface area (TPSA) is 59.6 Å². The van der Waals surface area contributed by atoms with Crippen molar-refractivity contribution in [2.24, 2.45) is 0 Å². The quantitative estimate of drug-likeness (QED) is 0.890. The Morgan fingerprint density at radius 3 is 2.73 bits per heavy atom. The average Bonchev–Trinajstić information content (AvgIpc) is 3.01. The maximum atomic E-state index is 12.1. The fraction of sp³-hybridized carbons (Fsp3) is 0.235. The summed E-state index contributed by atoms with van der Waals surface area (Å²) in [6, 6.07) is 14.9. The van der Waals surface area contributed by atoms with Crippen LogP contribution in [0.5, 0.6) is 11.5 Å². The van der Waals surface area contributed by atoms with Gasteiger partial charge in [0.1, 0.15) is 0 Å². The molecule has 0 saturated heterocycles. The number of anilines is 1. The molecule has 1 amide bonds. The predicted octanol–water partition coefficient (Wildman–Crippen LogP) is 2.53. The summed E-state index contributed by atoms with van der Waals surface area (Å²) in [5, 5.41) is 6.08. The highest BCUT2D eigenvalue weighted by molar-refractivity contribution is 5.94. The van der Waals surface area contributed by atoms with Gasteiger partial charge in [-0.05, 0) is 36.8 Å². The Labute approximate surface area is 129 Å². The van der Waals surface area contributed by atoms with E-state index < -0.39 is 0 Å². The van der Waals surface area contributed by atoms with Gasteiger partial charge in [0.05, 0.1) is 6.04 Å². The minimum atomic E-state index is -0.300. The van der Waals surface area contributed by atoms with Gasteiger partial charge in [-0.2, -0.15) is 0 Å². The first-order valence-electron chi connectivity index (χ1n) is 7.20. The van der Waals surface area contributed by atoms with Gasteiger partial charge in [0.25, 0.3) is 0 Å². The zero-order chi connectivity index (χ0) is 15.4. The van der Waals surface area contributed by atoms with E-state index in [4.69, 9.17) is 9.47 Å².